The number of hydrogen-bond donors (Lipinski definition) is 4. The van der Waals surface area contributed by atoms with E-state index in [2.05, 4.69) is 16.0 Å². The Kier molecular flexibility index (Phi) is 15.9. The Hall–Kier alpha value is -3.24. The lowest BCUT2D eigenvalue weighted by Crippen LogP contribution is -2.51. The van der Waals surface area contributed by atoms with Crippen molar-refractivity contribution in [2.24, 2.45) is 0 Å². The van der Waals surface area contributed by atoms with E-state index in [1.807, 2.05) is 61.5 Å². The molecule has 0 aliphatic carbocycles. The van der Waals surface area contributed by atoms with E-state index >= 15 is 0 Å². The van der Waals surface area contributed by atoms with Crippen LogP contribution in [0.2, 0.25) is 0 Å². The molecule has 0 aromatic heterocycles. The number of aryl methyl sites for hydroxylation is 1. The molecule has 2 rings (SSSR count). The van der Waals surface area contributed by atoms with Gasteiger partial charge in [-0.3, -0.25) is 14.2 Å². The van der Waals surface area contributed by atoms with Crippen LogP contribution in [0.1, 0.15) is 49.8 Å². The monoisotopic (exact) mass is 605 g/mol. The molecule has 1 unspecified atom stereocenters. The zero-order chi connectivity index (χ0) is 30.8. The molecule has 0 spiro atoms. The van der Waals surface area contributed by atoms with Crippen LogP contribution in [0.4, 0.5) is 4.79 Å². The van der Waals surface area contributed by atoms with Gasteiger partial charge in [0, 0.05) is 6.54 Å². The van der Waals surface area contributed by atoms with Gasteiger partial charge in [0.15, 0.2) is 0 Å². The van der Waals surface area contributed by atoms with E-state index in [1.165, 1.54) is 0 Å². The second kappa shape index (κ2) is 19.0. The minimum atomic E-state index is -3.50. The largest absolute Gasteiger partial charge is 0.445 e. The summed E-state index contributed by atoms with van der Waals surface area (Å²) >= 11 is 0. The van der Waals surface area contributed by atoms with Crippen molar-refractivity contribution in [1.29, 1.82) is 0 Å². The summed E-state index contributed by atoms with van der Waals surface area (Å²) < 4.78 is 28.2. The van der Waals surface area contributed by atoms with E-state index in [0.29, 0.717) is 19.3 Å². The molecule has 232 valence electrons. The summed E-state index contributed by atoms with van der Waals surface area (Å²) in [6.07, 6.45) is 0.548. The number of aliphatic hydroxyl groups excluding tert-OH is 1. The van der Waals surface area contributed by atoms with E-state index in [-0.39, 0.29) is 45.6 Å². The first-order valence-corrected chi connectivity index (χ1v) is 16.0. The molecule has 0 bridgehead atoms. The van der Waals surface area contributed by atoms with E-state index < -0.39 is 37.6 Å². The molecule has 0 aliphatic heterocycles. The van der Waals surface area contributed by atoms with Gasteiger partial charge in [-0.1, -0.05) is 60.2 Å². The van der Waals surface area contributed by atoms with Gasteiger partial charge < -0.3 is 34.8 Å². The average molecular weight is 606 g/mol. The number of ether oxygens (including phenoxy) is 1. The summed E-state index contributed by atoms with van der Waals surface area (Å²) in [6, 6.07) is 15.5. The number of unbranched alkanes of at least 4 members (excludes halogenated alkanes) is 1. The van der Waals surface area contributed by atoms with Crippen molar-refractivity contribution in [1.82, 2.24) is 16.0 Å². The fourth-order valence-corrected chi connectivity index (χ4v) is 5.72. The molecule has 2 atom stereocenters. The van der Waals surface area contributed by atoms with Crippen LogP contribution >= 0.6 is 7.60 Å². The summed E-state index contributed by atoms with van der Waals surface area (Å²) in [5.41, 5.74) is 2.85. The van der Waals surface area contributed by atoms with Crippen LogP contribution in [0.25, 0.3) is 0 Å². The van der Waals surface area contributed by atoms with Crippen molar-refractivity contribution >= 4 is 25.5 Å². The lowest BCUT2D eigenvalue weighted by atomic mass is 10.0. The quantitative estimate of drug-likeness (QED) is 0.139. The highest BCUT2D eigenvalue weighted by Crippen LogP contribution is 2.47. The smallest absolute Gasteiger partial charge is 0.408 e. The van der Waals surface area contributed by atoms with Gasteiger partial charge in [0.05, 0.1) is 25.9 Å². The number of aliphatic hydroxyl groups is 1. The summed E-state index contributed by atoms with van der Waals surface area (Å²) in [5.74, 6) is -0.907. The standard InChI is InChI=1S/C30H44N3O8P/c1-4-40-42(38,41-5-2)22-28(35)31-17-10-9-16-27(33-30(37)39-21-24-13-7-6-8-14-24)29(36)32-26(20-34)19-25-15-11-12-23(3)18-25/h6-8,11-15,18,26-27,34H,4-5,9-10,16-17,19-22H2,1-3H3,(H,31,35)(H,32,36)(H,33,37)/t26-,27?/m0/s1. The second-order valence-electron chi connectivity index (χ2n) is 9.79. The summed E-state index contributed by atoms with van der Waals surface area (Å²) in [7, 11) is -3.50. The molecule has 3 amide bonds. The molecule has 4 N–H and O–H groups in total. The predicted octanol–water partition coefficient (Wildman–Crippen LogP) is 3.86. The molecule has 42 heavy (non-hydrogen) atoms. The molecule has 0 saturated carbocycles. The lowest BCUT2D eigenvalue weighted by Gasteiger charge is -2.22. The summed E-state index contributed by atoms with van der Waals surface area (Å²) in [6.45, 7) is 5.69. The van der Waals surface area contributed by atoms with Crippen LogP contribution < -0.4 is 16.0 Å². The summed E-state index contributed by atoms with van der Waals surface area (Å²) in [4.78, 5) is 38.0. The maximum Gasteiger partial charge on any atom is 0.408 e. The number of carbonyl (C=O) groups excluding carboxylic acids is 3. The predicted molar refractivity (Wildman–Crippen MR) is 160 cm³/mol. The van der Waals surface area contributed by atoms with Gasteiger partial charge >= 0.3 is 13.7 Å². The van der Waals surface area contributed by atoms with Crippen LogP contribution in [0.15, 0.2) is 54.6 Å². The molecule has 0 saturated heterocycles. The minimum Gasteiger partial charge on any atom is -0.445 e. The molecule has 2 aromatic carbocycles. The van der Waals surface area contributed by atoms with Gasteiger partial charge in [0.2, 0.25) is 11.8 Å². The maximum atomic E-state index is 13.2. The Morgan fingerprint density at radius 2 is 1.62 bits per heavy atom. The molecule has 0 fully saturated rings. The number of hydrogen-bond acceptors (Lipinski definition) is 8. The molecule has 0 heterocycles. The number of rotatable bonds is 19. The van der Waals surface area contributed by atoms with Gasteiger partial charge in [0.25, 0.3) is 0 Å². The summed E-state index contributed by atoms with van der Waals surface area (Å²) in [5, 5.41) is 18.1. The zero-order valence-electron chi connectivity index (χ0n) is 24.7. The molecule has 12 heteroatoms. The fraction of sp³-hybridized carbons (Fsp3) is 0.500. The highest BCUT2D eigenvalue weighted by molar-refractivity contribution is 7.54. The third-order valence-electron chi connectivity index (χ3n) is 6.18. The maximum absolute atomic E-state index is 13.2. The van der Waals surface area contributed by atoms with Gasteiger partial charge in [-0.25, -0.2) is 4.79 Å². The Morgan fingerprint density at radius 3 is 2.26 bits per heavy atom. The third kappa shape index (κ3) is 13.6. The first-order valence-electron chi connectivity index (χ1n) is 14.3. The number of benzene rings is 2. The van der Waals surface area contributed by atoms with Crippen LogP contribution in [0, 0.1) is 6.92 Å². The van der Waals surface area contributed by atoms with E-state index in [4.69, 9.17) is 13.8 Å². The van der Waals surface area contributed by atoms with Gasteiger partial charge in [-0.05, 0) is 57.6 Å². The highest BCUT2D eigenvalue weighted by atomic mass is 31.2. The van der Waals surface area contributed by atoms with Crippen LogP contribution in [0.3, 0.4) is 0 Å². The molecule has 0 aliphatic rings. The third-order valence-corrected chi connectivity index (χ3v) is 8.16. The molecule has 2 aromatic rings. The Balaban J connectivity index is 1.93. The number of amides is 3. The van der Waals surface area contributed by atoms with Crippen molar-refractivity contribution in [2.75, 3.05) is 32.5 Å². The minimum absolute atomic E-state index is 0.0486. The van der Waals surface area contributed by atoms with Crippen molar-refractivity contribution in [3.63, 3.8) is 0 Å². The van der Waals surface area contributed by atoms with Gasteiger partial charge in [0.1, 0.15) is 18.8 Å². The van der Waals surface area contributed by atoms with Gasteiger partial charge in [-0.2, -0.15) is 0 Å². The van der Waals surface area contributed by atoms with Crippen LogP contribution in [-0.2, 0) is 41.0 Å². The Labute approximate surface area is 248 Å². The lowest BCUT2D eigenvalue weighted by molar-refractivity contribution is -0.124. The number of carbonyl (C=O) groups is 3. The van der Waals surface area contributed by atoms with Gasteiger partial charge in [-0.15, -0.1) is 0 Å². The molecule has 0 radical (unpaired) electrons. The van der Waals surface area contributed by atoms with Crippen LogP contribution in [0.5, 0.6) is 0 Å². The average Bonchev–Trinajstić information content (AvgIpc) is 2.95. The first kappa shape index (κ1) is 35.0. The van der Waals surface area contributed by atoms with E-state index in [9.17, 15) is 24.1 Å². The first-order chi connectivity index (χ1) is 20.2. The normalized spacial score (nSPS) is 12.7. The molecule has 11 nitrogen and oxygen atoms in total. The fourth-order valence-electron chi connectivity index (χ4n) is 4.22. The Morgan fingerprint density at radius 1 is 0.929 bits per heavy atom. The second-order valence-corrected chi connectivity index (χ2v) is 11.8. The molecular formula is C30H44N3O8P. The molecular weight excluding hydrogens is 561 g/mol. The Bertz CT molecular complexity index is 1150. The highest BCUT2D eigenvalue weighted by Gasteiger charge is 2.27. The zero-order valence-corrected chi connectivity index (χ0v) is 25.6. The van der Waals surface area contributed by atoms with Crippen molar-refractivity contribution in [3.8, 4) is 0 Å². The van der Waals surface area contributed by atoms with Crippen LogP contribution in [-0.4, -0.2) is 67.6 Å². The van der Waals surface area contributed by atoms with E-state index in [0.717, 1.165) is 16.7 Å². The van der Waals surface area contributed by atoms with Crippen molar-refractivity contribution in [3.05, 3.63) is 71.3 Å². The number of nitrogens with one attached hydrogen (secondary N) is 3. The number of alkyl carbamates (subject to hydrolysis) is 1. The van der Waals surface area contributed by atoms with Crippen molar-refractivity contribution in [2.45, 2.75) is 65.1 Å². The SMILES string of the molecule is CCOP(=O)(CC(=O)NCCCCC(NC(=O)OCc1ccccc1)C(=O)N[C@H](CO)Cc1cccc(C)c1)OCC. The topological polar surface area (TPSA) is 152 Å². The van der Waals surface area contributed by atoms with Crippen molar-refractivity contribution < 1.29 is 37.8 Å². The van der Waals surface area contributed by atoms with E-state index in [1.54, 1.807) is 13.8 Å².